The molecule has 0 amide bonds. The first kappa shape index (κ1) is 67.3. The molecule has 0 saturated carbocycles. The number of para-hydroxylation sites is 4. The Hall–Kier alpha value is -5.63. The molecular formula is C80H98Cl4N4O2. The van der Waals surface area contributed by atoms with E-state index < -0.39 is 11.6 Å². The summed E-state index contributed by atoms with van der Waals surface area (Å²) in [5, 5.41) is 4.76. The van der Waals surface area contributed by atoms with Gasteiger partial charge in [0.05, 0.1) is 25.7 Å². The first-order valence-corrected chi connectivity index (χ1v) is 36.2. The number of unbranched alkanes of at least 4 members (excludes halogenated alkanes) is 20. The number of aryl methyl sites for hydroxylation is 4. The summed E-state index contributed by atoms with van der Waals surface area (Å²) in [7, 11) is 0. The van der Waals surface area contributed by atoms with Crippen molar-refractivity contribution < 1.29 is 9.53 Å². The second-order valence-electron chi connectivity index (χ2n) is 25.9. The Balaban J connectivity index is 1.33. The van der Waals surface area contributed by atoms with Crippen molar-refractivity contribution in [3.8, 4) is 0 Å². The lowest BCUT2D eigenvalue weighted by atomic mass is 9.81. The van der Waals surface area contributed by atoms with Crippen molar-refractivity contribution in [2.75, 3.05) is 0 Å². The fourth-order valence-corrected chi connectivity index (χ4v) is 16.2. The van der Waals surface area contributed by atoms with Gasteiger partial charge in [-0.3, -0.25) is 0 Å². The van der Waals surface area contributed by atoms with Crippen LogP contribution in [0.4, 0.5) is 0 Å². The number of nitrogens with zero attached hydrogens (tertiary/aromatic N) is 4. The van der Waals surface area contributed by atoms with Crippen LogP contribution in [0, 0.1) is 27.7 Å². The number of halogens is 4. The van der Waals surface area contributed by atoms with Gasteiger partial charge in [0, 0.05) is 120 Å². The average molecular weight is 1290 g/mol. The minimum Gasteiger partial charge on any atom is -0.442 e. The third-order valence-electron chi connectivity index (χ3n) is 19.8. The van der Waals surface area contributed by atoms with Gasteiger partial charge >= 0.3 is 5.97 Å². The molecule has 0 aliphatic carbocycles. The van der Waals surface area contributed by atoms with Gasteiger partial charge in [0.25, 0.3) is 0 Å². The number of hydrogen-bond acceptors (Lipinski definition) is 2. The molecular weight excluding hydrogens is 1190 g/mol. The second kappa shape index (κ2) is 31.3. The van der Waals surface area contributed by atoms with Gasteiger partial charge in [-0.2, -0.15) is 0 Å². The lowest BCUT2D eigenvalue weighted by Gasteiger charge is -2.28. The highest BCUT2D eigenvalue weighted by molar-refractivity contribution is 6.53. The molecule has 4 aromatic heterocycles. The van der Waals surface area contributed by atoms with E-state index in [1.54, 1.807) is 0 Å². The lowest BCUT2D eigenvalue weighted by molar-refractivity contribution is 0.0300. The van der Waals surface area contributed by atoms with Crippen LogP contribution in [0.25, 0.3) is 54.8 Å². The Morgan fingerprint density at radius 3 is 0.911 bits per heavy atom. The summed E-state index contributed by atoms with van der Waals surface area (Å²) in [5.74, 6) is -0.615. The Morgan fingerprint density at radius 1 is 0.367 bits per heavy atom. The third-order valence-corrected chi connectivity index (χ3v) is 21.6. The SMILES string of the molecule is CCCCCCCCn1c(C)c(C(=CC2(C=C(c3c(C)n(CCCCCCCC)c4ccccc34)c3c(C)n(CCCCCCCC)c4ccccc34)OC(=O)c3c(Cl)c(Cl)c(Cl)c(Cl)c32)c2c(C)n(CCCCCCCC)c3ccccc23)c2ccccc21. The minimum absolute atomic E-state index is 0.0210. The fraction of sp³-hybridized carbons (Fsp3) is 0.463. The number of aromatic nitrogens is 4. The lowest BCUT2D eigenvalue weighted by Crippen LogP contribution is -2.23. The number of carbonyl (C=O) groups is 1. The number of rotatable bonds is 34. The predicted octanol–water partition coefficient (Wildman–Crippen LogP) is 25.4. The number of fused-ring (bicyclic) bond motifs is 5. The van der Waals surface area contributed by atoms with Crippen LogP contribution in [0.5, 0.6) is 0 Å². The van der Waals surface area contributed by atoms with Crippen molar-refractivity contribution in [3.05, 3.63) is 185 Å². The van der Waals surface area contributed by atoms with Crippen LogP contribution in [0.15, 0.2) is 109 Å². The van der Waals surface area contributed by atoms with Crippen LogP contribution in [-0.2, 0) is 36.5 Å². The number of esters is 1. The highest BCUT2D eigenvalue weighted by Gasteiger charge is 2.49. The molecule has 0 radical (unpaired) electrons. The predicted molar refractivity (Wildman–Crippen MR) is 388 cm³/mol. The number of cyclic esters (lactones) is 1. The molecule has 1 aliphatic rings. The standard InChI is InChI=1S/C80H98Cl4N4O2/c1-9-13-17-21-25-37-49-85-55(5)69(59-41-29-33-45-65(59)85)63(70-56(6)86(50-38-26-22-18-14-10-2)66-46-34-30-42-60(66)70)53-80(74-73(79(89)90-80)75(81)77(83)78(84)76(74)82)54-64(71-57(7)87(51-39-27-23-19-15-11-3)67-47-35-31-43-61(67)71)72-58(8)88(52-40-28-24-20-16-12-4)68-48-36-32-44-62(68)72/h29-36,41-48,53-54H,9-28,37-40,49-52H2,1-8H3. The third kappa shape index (κ3) is 13.7. The van der Waals surface area contributed by atoms with Crippen LogP contribution in [0.3, 0.4) is 0 Å². The van der Waals surface area contributed by atoms with E-state index >= 15 is 4.79 Å². The zero-order chi connectivity index (χ0) is 63.5. The molecule has 0 N–H and O–H groups in total. The molecule has 0 bridgehead atoms. The van der Waals surface area contributed by atoms with Gasteiger partial charge in [0.2, 0.25) is 0 Å². The first-order chi connectivity index (χ1) is 43.8. The molecule has 478 valence electrons. The van der Waals surface area contributed by atoms with Crippen LogP contribution >= 0.6 is 46.4 Å². The largest absolute Gasteiger partial charge is 0.442 e. The highest BCUT2D eigenvalue weighted by atomic mass is 35.5. The maximum atomic E-state index is 15.7. The molecule has 6 nitrogen and oxygen atoms in total. The van der Waals surface area contributed by atoms with Gasteiger partial charge in [-0.05, 0) is 101 Å². The molecule has 10 rings (SSSR count). The summed E-state index contributed by atoms with van der Waals surface area (Å²) in [6, 6.07) is 35.5. The van der Waals surface area contributed by atoms with E-state index in [-0.39, 0.29) is 25.7 Å². The minimum atomic E-state index is -1.74. The van der Waals surface area contributed by atoms with Crippen LogP contribution in [-0.4, -0.2) is 24.2 Å². The molecule has 0 unspecified atom stereocenters. The molecule has 10 heteroatoms. The van der Waals surface area contributed by atoms with E-state index in [1.807, 2.05) is 0 Å². The molecule has 0 spiro atoms. The molecule has 5 aromatic carbocycles. The van der Waals surface area contributed by atoms with Gasteiger partial charge in [-0.25, -0.2) is 4.79 Å². The summed E-state index contributed by atoms with van der Waals surface area (Å²) in [4.78, 5) is 15.7. The van der Waals surface area contributed by atoms with E-state index in [1.165, 1.54) is 125 Å². The molecule has 5 heterocycles. The number of benzene rings is 5. The number of carbonyl (C=O) groups excluding carboxylic acids is 1. The Kier molecular flexibility index (Phi) is 23.4. The zero-order valence-corrected chi connectivity index (χ0v) is 58.3. The van der Waals surface area contributed by atoms with E-state index in [0.29, 0.717) is 5.56 Å². The Morgan fingerprint density at radius 2 is 0.622 bits per heavy atom. The highest BCUT2D eigenvalue weighted by Crippen LogP contribution is 2.56. The van der Waals surface area contributed by atoms with E-state index in [4.69, 9.17) is 51.1 Å². The quantitative estimate of drug-likeness (QED) is 0.0175. The van der Waals surface area contributed by atoms with E-state index in [9.17, 15) is 0 Å². The van der Waals surface area contributed by atoms with Crippen molar-refractivity contribution in [3.63, 3.8) is 0 Å². The van der Waals surface area contributed by atoms with Crippen LogP contribution in [0.1, 0.15) is 243 Å². The van der Waals surface area contributed by atoms with E-state index in [2.05, 4.69) is 183 Å². The maximum Gasteiger partial charge on any atom is 0.341 e. The van der Waals surface area contributed by atoms with Gasteiger partial charge in [0.15, 0.2) is 5.60 Å². The Bertz CT molecular complexity index is 3610. The fourth-order valence-electron chi connectivity index (χ4n) is 15.1. The molecule has 9 aromatic rings. The van der Waals surface area contributed by atoms with Gasteiger partial charge in [-0.15, -0.1) is 0 Å². The normalized spacial score (nSPS) is 13.0. The van der Waals surface area contributed by atoms with Crippen molar-refractivity contribution >= 4 is 107 Å². The average Bonchev–Trinajstić information content (AvgIpc) is 1.55. The molecule has 90 heavy (non-hydrogen) atoms. The van der Waals surface area contributed by atoms with Crippen molar-refractivity contribution in [1.82, 2.24) is 18.3 Å². The number of hydrogen-bond donors (Lipinski definition) is 0. The van der Waals surface area contributed by atoms with Crippen molar-refractivity contribution in [1.29, 1.82) is 0 Å². The van der Waals surface area contributed by atoms with Crippen molar-refractivity contribution in [2.24, 2.45) is 0 Å². The topological polar surface area (TPSA) is 46.0 Å². The van der Waals surface area contributed by atoms with Gasteiger partial charge < -0.3 is 23.0 Å². The molecule has 0 atom stereocenters. The summed E-state index contributed by atoms with van der Waals surface area (Å²) in [5.41, 5.74) is 14.3. The van der Waals surface area contributed by atoms with Crippen LogP contribution in [0.2, 0.25) is 20.1 Å². The zero-order valence-electron chi connectivity index (χ0n) is 55.3. The number of ether oxygens (including phenoxy) is 1. The maximum absolute atomic E-state index is 15.7. The molecule has 0 saturated heterocycles. The van der Waals surface area contributed by atoms with Crippen molar-refractivity contribution in [2.45, 2.75) is 241 Å². The second-order valence-corrected chi connectivity index (χ2v) is 27.4. The van der Waals surface area contributed by atoms with Crippen LogP contribution < -0.4 is 0 Å². The first-order valence-electron chi connectivity index (χ1n) is 34.7. The molecule has 1 aliphatic heterocycles. The van der Waals surface area contributed by atoms with E-state index in [0.717, 1.165) is 155 Å². The summed E-state index contributed by atoms with van der Waals surface area (Å²) >= 11 is 29.8. The summed E-state index contributed by atoms with van der Waals surface area (Å²) < 4.78 is 17.6. The smallest absolute Gasteiger partial charge is 0.341 e. The summed E-state index contributed by atoms with van der Waals surface area (Å²) in [6.45, 7) is 21.8. The van der Waals surface area contributed by atoms with Gasteiger partial charge in [0.1, 0.15) is 0 Å². The summed E-state index contributed by atoms with van der Waals surface area (Å²) in [6.07, 6.45) is 33.1. The Labute approximate surface area is 557 Å². The molecule has 0 fully saturated rings. The van der Waals surface area contributed by atoms with Gasteiger partial charge in [-0.1, -0.05) is 275 Å². The monoisotopic (exact) mass is 1290 g/mol.